The van der Waals surface area contributed by atoms with Crippen molar-refractivity contribution < 1.29 is 0 Å². The molecule has 0 aliphatic heterocycles. The van der Waals surface area contributed by atoms with Crippen molar-refractivity contribution in [1.82, 2.24) is 4.98 Å². The SMILES string of the molecule is Cc1sc(C(C)N)nc1C1CCCC1. The molecule has 1 fully saturated rings. The Kier molecular flexibility index (Phi) is 2.88. The van der Waals surface area contributed by atoms with Crippen molar-refractivity contribution in [3.8, 4) is 0 Å². The van der Waals surface area contributed by atoms with Crippen LogP contribution in [0.4, 0.5) is 0 Å². The number of aromatic nitrogens is 1. The molecular formula is C11H18N2S. The second-order valence-electron chi connectivity index (χ2n) is 4.26. The molecule has 1 heterocycles. The molecule has 2 N–H and O–H groups in total. The number of aryl methyl sites for hydroxylation is 1. The van der Waals surface area contributed by atoms with Crippen molar-refractivity contribution in [3.63, 3.8) is 0 Å². The third-order valence-electron chi connectivity index (χ3n) is 2.98. The molecule has 0 radical (unpaired) electrons. The van der Waals surface area contributed by atoms with Gasteiger partial charge in [0.1, 0.15) is 5.01 Å². The summed E-state index contributed by atoms with van der Waals surface area (Å²) < 4.78 is 0. The summed E-state index contributed by atoms with van der Waals surface area (Å²) in [5, 5.41) is 1.10. The van der Waals surface area contributed by atoms with Crippen LogP contribution < -0.4 is 5.73 Å². The Hall–Kier alpha value is -0.410. The monoisotopic (exact) mass is 210 g/mol. The Bertz CT molecular complexity index is 311. The van der Waals surface area contributed by atoms with Gasteiger partial charge in [-0.15, -0.1) is 11.3 Å². The molecule has 1 aliphatic rings. The zero-order valence-corrected chi connectivity index (χ0v) is 9.73. The van der Waals surface area contributed by atoms with Gasteiger partial charge in [0.25, 0.3) is 0 Å². The molecule has 0 spiro atoms. The van der Waals surface area contributed by atoms with Gasteiger partial charge in [0.05, 0.1) is 11.7 Å². The average Bonchev–Trinajstić information content (AvgIpc) is 2.71. The van der Waals surface area contributed by atoms with Crippen LogP contribution >= 0.6 is 11.3 Å². The molecule has 0 aromatic carbocycles. The molecule has 1 unspecified atom stereocenters. The normalized spacial score (nSPS) is 20.2. The first kappa shape index (κ1) is 10.1. The summed E-state index contributed by atoms with van der Waals surface area (Å²) in [6.07, 6.45) is 5.39. The van der Waals surface area contributed by atoms with Gasteiger partial charge in [0, 0.05) is 10.8 Å². The number of hydrogen-bond donors (Lipinski definition) is 1. The van der Waals surface area contributed by atoms with Crippen LogP contribution in [0.1, 0.15) is 60.1 Å². The minimum absolute atomic E-state index is 0.0915. The molecule has 14 heavy (non-hydrogen) atoms. The van der Waals surface area contributed by atoms with Crippen LogP contribution in [0.2, 0.25) is 0 Å². The van der Waals surface area contributed by atoms with Gasteiger partial charge in [0.15, 0.2) is 0 Å². The average molecular weight is 210 g/mol. The summed E-state index contributed by atoms with van der Waals surface area (Å²) in [6, 6.07) is 0.0915. The number of thiazole rings is 1. The van der Waals surface area contributed by atoms with Gasteiger partial charge >= 0.3 is 0 Å². The predicted molar refractivity (Wildman–Crippen MR) is 60.7 cm³/mol. The van der Waals surface area contributed by atoms with E-state index in [0.717, 1.165) is 10.9 Å². The first-order chi connectivity index (χ1) is 6.68. The van der Waals surface area contributed by atoms with Crippen molar-refractivity contribution in [1.29, 1.82) is 0 Å². The second kappa shape index (κ2) is 3.99. The lowest BCUT2D eigenvalue weighted by Crippen LogP contribution is -2.05. The van der Waals surface area contributed by atoms with E-state index < -0.39 is 0 Å². The summed E-state index contributed by atoms with van der Waals surface area (Å²) >= 11 is 1.77. The van der Waals surface area contributed by atoms with E-state index >= 15 is 0 Å². The van der Waals surface area contributed by atoms with Crippen molar-refractivity contribution in [2.45, 2.75) is 51.5 Å². The maximum atomic E-state index is 5.84. The minimum atomic E-state index is 0.0915. The minimum Gasteiger partial charge on any atom is -0.322 e. The smallest absolute Gasteiger partial charge is 0.110 e. The van der Waals surface area contributed by atoms with Crippen molar-refractivity contribution >= 4 is 11.3 Å². The standard InChI is InChI=1S/C11H18N2S/c1-7(12)11-13-10(8(2)14-11)9-5-3-4-6-9/h7,9H,3-6,12H2,1-2H3. The topological polar surface area (TPSA) is 38.9 Å². The van der Waals surface area contributed by atoms with Gasteiger partial charge in [-0.2, -0.15) is 0 Å². The van der Waals surface area contributed by atoms with Crippen molar-refractivity contribution in [2.24, 2.45) is 5.73 Å². The maximum Gasteiger partial charge on any atom is 0.110 e. The van der Waals surface area contributed by atoms with Gasteiger partial charge < -0.3 is 5.73 Å². The van der Waals surface area contributed by atoms with E-state index in [1.54, 1.807) is 11.3 Å². The fraction of sp³-hybridized carbons (Fsp3) is 0.727. The highest BCUT2D eigenvalue weighted by molar-refractivity contribution is 7.11. The van der Waals surface area contributed by atoms with Crippen LogP contribution in [0.25, 0.3) is 0 Å². The number of hydrogen-bond acceptors (Lipinski definition) is 3. The number of rotatable bonds is 2. The molecule has 1 aromatic heterocycles. The zero-order chi connectivity index (χ0) is 10.1. The fourth-order valence-corrected chi connectivity index (χ4v) is 3.16. The van der Waals surface area contributed by atoms with Gasteiger partial charge in [0.2, 0.25) is 0 Å². The van der Waals surface area contributed by atoms with Crippen LogP contribution in [0.15, 0.2) is 0 Å². The van der Waals surface area contributed by atoms with Crippen LogP contribution in [0, 0.1) is 6.92 Å². The van der Waals surface area contributed by atoms with E-state index in [4.69, 9.17) is 5.73 Å². The summed E-state index contributed by atoms with van der Waals surface area (Å²) in [4.78, 5) is 6.06. The van der Waals surface area contributed by atoms with Crippen LogP contribution in [0.3, 0.4) is 0 Å². The first-order valence-corrected chi connectivity index (χ1v) is 6.23. The van der Waals surface area contributed by atoms with E-state index in [0.29, 0.717) is 0 Å². The lowest BCUT2D eigenvalue weighted by atomic mass is 10.0. The van der Waals surface area contributed by atoms with Gasteiger partial charge in [-0.1, -0.05) is 12.8 Å². The maximum absolute atomic E-state index is 5.84. The van der Waals surface area contributed by atoms with Crippen molar-refractivity contribution in [3.05, 3.63) is 15.6 Å². The summed E-state index contributed by atoms with van der Waals surface area (Å²) in [6.45, 7) is 4.19. The Balaban J connectivity index is 2.24. The molecule has 1 atom stereocenters. The quantitative estimate of drug-likeness (QED) is 0.814. The zero-order valence-electron chi connectivity index (χ0n) is 8.92. The Morgan fingerprint density at radius 3 is 2.57 bits per heavy atom. The second-order valence-corrected chi connectivity index (χ2v) is 5.50. The van der Waals surface area contributed by atoms with Crippen molar-refractivity contribution in [2.75, 3.05) is 0 Å². The van der Waals surface area contributed by atoms with Gasteiger partial charge in [-0.05, 0) is 26.7 Å². The molecule has 1 aromatic rings. The largest absolute Gasteiger partial charge is 0.322 e. The summed E-state index contributed by atoms with van der Waals surface area (Å²) in [7, 11) is 0. The third-order valence-corrected chi connectivity index (χ3v) is 4.17. The Morgan fingerprint density at radius 1 is 1.43 bits per heavy atom. The summed E-state index contributed by atoms with van der Waals surface area (Å²) in [5.74, 6) is 0.721. The van der Waals surface area contributed by atoms with Crippen LogP contribution in [-0.4, -0.2) is 4.98 Å². The molecular weight excluding hydrogens is 192 g/mol. The first-order valence-electron chi connectivity index (χ1n) is 5.41. The van der Waals surface area contributed by atoms with E-state index in [1.165, 1.54) is 36.3 Å². The van der Waals surface area contributed by atoms with E-state index in [-0.39, 0.29) is 6.04 Å². The van der Waals surface area contributed by atoms with Crippen LogP contribution in [-0.2, 0) is 0 Å². The highest BCUT2D eigenvalue weighted by atomic mass is 32.1. The molecule has 2 rings (SSSR count). The van der Waals surface area contributed by atoms with Crippen LogP contribution in [0.5, 0.6) is 0 Å². The molecule has 3 heteroatoms. The van der Waals surface area contributed by atoms with E-state index in [9.17, 15) is 0 Å². The highest BCUT2D eigenvalue weighted by Crippen LogP contribution is 2.37. The molecule has 2 nitrogen and oxygen atoms in total. The Labute approximate surface area is 89.5 Å². The summed E-state index contributed by atoms with van der Waals surface area (Å²) in [5.41, 5.74) is 7.18. The molecule has 0 saturated heterocycles. The molecule has 0 bridgehead atoms. The lowest BCUT2D eigenvalue weighted by Gasteiger charge is -2.05. The number of nitrogens with zero attached hydrogens (tertiary/aromatic N) is 1. The number of nitrogens with two attached hydrogens (primary N) is 1. The predicted octanol–water partition coefficient (Wildman–Crippen LogP) is 3.13. The molecule has 1 saturated carbocycles. The van der Waals surface area contributed by atoms with E-state index in [2.05, 4.69) is 11.9 Å². The Morgan fingerprint density at radius 2 is 2.07 bits per heavy atom. The third kappa shape index (κ3) is 1.84. The molecule has 1 aliphatic carbocycles. The van der Waals surface area contributed by atoms with Gasteiger partial charge in [-0.3, -0.25) is 0 Å². The fourth-order valence-electron chi connectivity index (χ4n) is 2.20. The van der Waals surface area contributed by atoms with E-state index in [1.807, 2.05) is 6.92 Å². The van der Waals surface area contributed by atoms with Gasteiger partial charge in [-0.25, -0.2) is 4.98 Å². The lowest BCUT2D eigenvalue weighted by molar-refractivity contribution is 0.687. The molecule has 0 amide bonds. The molecule has 78 valence electrons. The highest BCUT2D eigenvalue weighted by Gasteiger charge is 2.22.